The molecule has 0 spiro atoms. The van der Waals surface area contributed by atoms with E-state index in [4.69, 9.17) is 0 Å². The molecule has 0 saturated heterocycles. The molecule has 3 nitrogen and oxygen atoms in total. The van der Waals surface area contributed by atoms with Crippen molar-refractivity contribution in [2.45, 2.75) is 18.8 Å². The highest BCUT2D eigenvalue weighted by atomic mass is 19.1. The van der Waals surface area contributed by atoms with E-state index in [9.17, 15) is 13.6 Å². The second-order valence-corrected chi connectivity index (χ2v) is 6.80. The summed E-state index contributed by atoms with van der Waals surface area (Å²) in [6.45, 7) is 0. The third kappa shape index (κ3) is 3.87. The number of carbonyl (C=O) groups is 1. The molecule has 0 aliphatic heterocycles. The number of hydrogen-bond acceptors (Lipinski definition) is 2. The first-order valence-electron chi connectivity index (χ1n) is 8.84. The van der Waals surface area contributed by atoms with Crippen molar-refractivity contribution in [3.05, 3.63) is 95.3 Å². The average molecular weight is 364 g/mol. The highest BCUT2D eigenvalue weighted by molar-refractivity contribution is 5.95. The first kappa shape index (κ1) is 17.3. The molecule has 27 heavy (non-hydrogen) atoms. The molecule has 3 aromatic rings. The molecule has 1 N–H and O–H groups in total. The summed E-state index contributed by atoms with van der Waals surface area (Å²) in [6.07, 6.45) is 4.75. The number of aromatic nitrogens is 1. The Morgan fingerprint density at radius 2 is 1.96 bits per heavy atom. The molecule has 1 amide bonds. The molecule has 2 aromatic carbocycles. The number of amides is 1. The van der Waals surface area contributed by atoms with Crippen molar-refractivity contribution in [3.63, 3.8) is 0 Å². The van der Waals surface area contributed by atoms with Crippen LogP contribution < -0.4 is 5.32 Å². The quantitative estimate of drug-likeness (QED) is 0.713. The summed E-state index contributed by atoms with van der Waals surface area (Å²) >= 11 is 0. The summed E-state index contributed by atoms with van der Waals surface area (Å²) in [6, 6.07) is 15.0. The van der Waals surface area contributed by atoms with Crippen molar-refractivity contribution in [1.82, 2.24) is 4.98 Å². The smallest absolute Gasteiger partial charge is 0.228 e. The summed E-state index contributed by atoms with van der Waals surface area (Å²) in [5.41, 5.74) is 3.19. The molecule has 0 bridgehead atoms. The first-order valence-corrected chi connectivity index (χ1v) is 8.84. The van der Waals surface area contributed by atoms with Crippen LogP contribution in [0.5, 0.6) is 0 Å². The number of hydrogen-bond donors (Lipinski definition) is 1. The average Bonchev–Trinajstić information content (AvgIpc) is 3.45. The van der Waals surface area contributed by atoms with E-state index in [1.165, 1.54) is 12.1 Å². The molecular weight excluding hydrogens is 346 g/mol. The summed E-state index contributed by atoms with van der Waals surface area (Å²) in [7, 11) is 0. The molecule has 1 saturated carbocycles. The molecule has 2 atom stereocenters. The van der Waals surface area contributed by atoms with E-state index in [-0.39, 0.29) is 17.7 Å². The largest absolute Gasteiger partial charge is 0.326 e. The van der Waals surface area contributed by atoms with Gasteiger partial charge in [0.15, 0.2) is 0 Å². The van der Waals surface area contributed by atoms with Gasteiger partial charge in [-0.3, -0.25) is 9.78 Å². The van der Waals surface area contributed by atoms with Gasteiger partial charge < -0.3 is 5.32 Å². The summed E-state index contributed by atoms with van der Waals surface area (Å²) in [5, 5.41) is 2.97. The Labute approximate surface area is 156 Å². The Morgan fingerprint density at radius 3 is 2.74 bits per heavy atom. The van der Waals surface area contributed by atoms with E-state index in [1.54, 1.807) is 12.4 Å². The molecule has 0 unspecified atom stereocenters. The lowest BCUT2D eigenvalue weighted by Gasteiger charge is -2.11. The lowest BCUT2D eigenvalue weighted by Crippen LogP contribution is -2.16. The van der Waals surface area contributed by atoms with Gasteiger partial charge in [0.25, 0.3) is 0 Å². The third-order valence-corrected chi connectivity index (χ3v) is 4.88. The first-order chi connectivity index (χ1) is 13.1. The van der Waals surface area contributed by atoms with Crippen LogP contribution in [-0.2, 0) is 11.2 Å². The van der Waals surface area contributed by atoms with Crippen LogP contribution in [0.25, 0.3) is 0 Å². The van der Waals surface area contributed by atoms with Crippen LogP contribution >= 0.6 is 0 Å². The highest BCUT2D eigenvalue weighted by Crippen LogP contribution is 2.49. The lowest BCUT2D eigenvalue weighted by molar-refractivity contribution is -0.117. The molecular formula is C22H18F2N2O. The summed E-state index contributed by atoms with van der Waals surface area (Å²) in [4.78, 5) is 16.7. The van der Waals surface area contributed by atoms with Crippen LogP contribution in [0.1, 0.15) is 29.0 Å². The zero-order valence-electron chi connectivity index (χ0n) is 14.5. The van der Waals surface area contributed by atoms with Crippen LogP contribution in [0.2, 0.25) is 0 Å². The van der Waals surface area contributed by atoms with Gasteiger partial charge in [-0.2, -0.15) is 0 Å². The molecule has 1 aromatic heterocycles. The van der Waals surface area contributed by atoms with Crippen LogP contribution in [0.15, 0.2) is 67.0 Å². The third-order valence-electron chi connectivity index (χ3n) is 4.88. The molecule has 5 heteroatoms. The van der Waals surface area contributed by atoms with Crippen molar-refractivity contribution < 1.29 is 13.6 Å². The van der Waals surface area contributed by atoms with E-state index in [1.807, 2.05) is 36.4 Å². The molecule has 136 valence electrons. The molecule has 1 aliphatic rings. The Hall–Kier alpha value is -3.08. The summed E-state index contributed by atoms with van der Waals surface area (Å²) in [5.74, 6) is -1.83. The fourth-order valence-electron chi connectivity index (χ4n) is 3.38. The Bertz CT molecular complexity index is 975. The molecule has 1 heterocycles. The van der Waals surface area contributed by atoms with Crippen molar-refractivity contribution in [2.24, 2.45) is 5.92 Å². The van der Waals surface area contributed by atoms with Gasteiger partial charge in [0.1, 0.15) is 11.6 Å². The van der Waals surface area contributed by atoms with Crippen molar-refractivity contribution >= 4 is 11.6 Å². The second kappa shape index (κ2) is 7.27. The van der Waals surface area contributed by atoms with Gasteiger partial charge in [-0.25, -0.2) is 8.78 Å². The molecule has 1 fully saturated rings. The predicted octanol–water partition coefficient (Wildman–Crippen LogP) is 4.69. The predicted molar refractivity (Wildman–Crippen MR) is 99.3 cm³/mol. The number of pyridine rings is 1. The normalized spacial score (nSPS) is 18.1. The van der Waals surface area contributed by atoms with Crippen LogP contribution in [0, 0.1) is 17.6 Å². The van der Waals surface area contributed by atoms with Gasteiger partial charge in [-0.05, 0) is 47.2 Å². The monoisotopic (exact) mass is 364 g/mol. The zero-order chi connectivity index (χ0) is 18.8. The van der Waals surface area contributed by atoms with Gasteiger partial charge in [0.2, 0.25) is 5.91 Å². The van der Waals surface area contributed by atoms with E-state index in [0.717, 1.165) is 22.9 Å². The van der Waals surface area contributed by atoms with Crippen molar-refractivity contribution in [1.29, 1.82) is 0 Å². The Morgan fingerprint density at radius 1 is 1.11 bits per heavy atom. The van der Waals surface area contributed by atoms with Crippen LogP contribution in [-0.4, -0.2) is 10.9 Å². The van der Waals surface area contributed by atoms with E-state index >= 15 is 0 Å². The van der Waals surface area contributed by atoms with Crippen LogP contribution in [0.3, 0.4) is 0 Å². The number of halogens is 2. The zero-order valence-corrected chi connectivity index (χ0v) is 14.5. The standard InChI is InChI=1S/C22H18F2N2O/c23-16-7-8-17(20(24)11-16)18-12-19(18)22(27)26-21-6-2-1-5-15(21)10-14-4-3-9-25-13-14/h1-9,11,13,18-19H,10,12H2,(H,26,27)/t18-,19+/m1/s1. The minimum atomic E-state index is -0.609. The fraction of sp³-hybridized carbons (Fsp3) is 0.182. The second-order valence-electron chi connectivity index (χ2n) is 6.80. The maximum Gasteiger partial charge on any atom is 0.228 e. The van der Waals surface area contributed by atoms with Crippen molar-refractivity contribution in [3.8, 4) is 0 Å². The number of benzene rings is 2. The molecule has 4 rings (SSSR count). The summed E-state index contributed by atoms with van der Waals surface area (Å²) < 4.78 is 27.0. The maximum atomic E-state index is 13.9. The van der Waals surface area contributed by atoms with Gasteiger partial charge in [-0.1, -0.05) is 30.3 Å². The lowest BCUT2D eigenvalue weighted by atomic mass is 10.0. The van der Waals surface area contributed by atoms with Gasteiger partial charge >= 0.3 is 0 Å². The number of nitrogens with one attached hydrogen (secondary N) is 1. The maximum absolute atomic E-state index is 13.9. The van der Waals surface area contributed by atoms with E-state index in [2.05, 4.69) is 10.3 Å². The number of carbonyl (C=O) groups excluding carboxylic acids is 1. The number of anilines is 1. The SMILES string of the molecule is O=C(Nc1ccccc1Cc1cccnc1)[C@H]1C[C@@H]1c1ccc(F)cc1F. The minimum Gasteiger partial charge on any atom is -0.326 e. The molecule has 0 radical (unpaired) electrons. The molecule has 1 aliphatic carbocycles. The number of para-hydroxylation sites is 1. The Balaban J connectivity index is 1.46. The fourth-order valence-corrected chi connectivity index (χ4v) is 3.38. The van der Waals surface area contributed by atoms with Crippen molar-refractivity contribution in [2.75, 3.05) is 5.32 Å². The topological polar surface area (TPSA) is 42.0 Å². The number of nitrogens with zero attached hydrogens (tertiary/aromatic N) is 1. The van der Waals surface area contributed by atoms with E-state index in [0.29, 0.717) is 18.4 Å². The minimum absolute atomic E-state index is 0.137. The van der Waals surface area contributed by atoms with Gasteiger partial charge in [-0.15, -0.1) is 0 Å². The highest BCUT2D eigenvalue weighted by Gasteiger charge is 2.45. The van der Waals surface area contributed by atoms with Gasteiger partial charge in [0, 0.05) is 36.5 Å². The van der Waals surface area contributed by atoms with E-state index < -0.39 is 11.6 Å². The number of rotatable bonds is 5. The Kier molecular flexibility index (Phi) is 4.67. The van der Waals surface area contributed by atoms with Gasteiger partial charge in [0.05, 0.1) is 0 Å². The van der Waals surface area contributed by atoms with Crippen LogP contribution in [0.4, 0.5) is 14.5 Å².